The van der Waals surface area contributed by atoms with E-state index in [-0.39, 0.29) is 18.1 Å². The topological polar surface area (TPSA) is 76.1 Å². The lowest BCUT2D eigenvalue weighted by Gasteiger charge is -2.12. The number of anilines is 1. The number of ether oxygens (including phenoxy) is 1. The van der Waals surface area contributed by atoms with Crippen LogP contribution in [0.4, 0.5) is 10.1 Å². The number of hydrogen-bond acceptors (Lipinski definition) is 5. The van der Waals surface area contributed by atoms with Crippen molar-refractivity contribution in [3.63, 3.8) is 0 Å². The molecule has 0 aliphatic heterocycles. The minimum atomic E-state index is -0.232. The molecule has 0 aliphatic carbocycles. The molecule has 0 radical (unpaired) electrons. The molecule has 0 saturated heterocycles. The van der Waals surface area contributed by atoms with Gasteiger partial charge in [0.05, 0.1) is 30.6 Å². The van der Waals surface area contributed by atoms with Gasteiger partial charge in [-0.1, -0.05) is 18.2 Å². The number of benzene rings is 2. The number of carbonyl (C=O) groups is 1. The molecular formula is C23H25FN4O2. The van der Waals surface area contributed by atoms with Gasteiger partial charge < -0.3 is 15.4 Å². The standard InChI is InChI=1S/C23H25FN4O2/c1-16-13-27-20(15-26-16)12-23(29)28-21-8-5-17(11-22(21)30-2)9-10-25-14-18-3-6-19(24)7-4-18/h3-8,11,13,15,25H,9-10,12,14H2,1-2H3,(H,28,29). The van der Waals surface area contributed by atoms with E-state index >= 15 is 0 Å². The van der Waals surface area contributed by atoms with E-state index in [0.29, 0.717) is 23.7 Å². The second kappa shape index (κ2) is 10.5. The van der Waals surface area contributed by atoms with Gasteiger partial charge in [-0.05, 0) is 55.3 Å². The zero-order valence-corrected chi connectivity index (χ0v) is 17.1. The van der Waals surface area contributed by atoms with Crippen LogP contribution in [0.5, 0.6) is 5.75 Å². The molecule has 2 N–H and O–H groups in total. The minimum absolute atomic E-state index is 0.144. The third kappa shape index (κ3) is 6.35. The highest BCUT2D eigenvalue weighted by Crippen LogP contribution is 2.26. The Bertz CT molecular complexity index is 975. The van der Waals surface area contributed by atoms with Crippen molar-refractivity contribution in [1.29, 1.82) is 0 Å². The van der Waals surface area contributed by atoms with Gasteiger partial charge in [-0.25, -0.2) is 4.39 Å². The molecule has 1 amide bonds. The highest BCUT2D eigenvalue weighted by atomic mass is 19.1. The van der Waals surface area contributed by atoms with Gasteiger partial charge in [0, 0.05) is 18.9 Å². The largest absolute Gasteiger partial charge is 0.495 e. The lowest BCUT2D eigenvalue weighted by Crippen LogP contribution is -2.17. The van der Waals surface area contributed by atoms with Crippen LogP contribution in [-0.2, 0) is 24.2 Å². The van der Waals surface area contributed by atoms with Crippen LogP contribution in [0.2, 0.25) is 0 Å². The first-order valence-electron chi connectivity index (χ1n) is 9.73. The predicted molar refractivity (Wildman–Crippen MR) is 114 cm³/mol. The van der Waals surface area contributed by atoms with Crippen LogP contribution in [0.3, 0.4) is 0 Å². The molecule has 7 heteroatoms. The van der Waals surface area contributed by atoms with Crippen LogP contribution in [-0.4, -0.2) is 29.5 Å². The molecule has 0 aliphatic rings. The third-order valence-corrected chi connectivity index (χ3v) is 4.55. The SMILES string of the molecule is COc1cc(CCNCc2ccc(F)cc2)ccc1NC(=O)Cc1cnc(C)cn1. The summed E-state index contributed by atoms with van der Waals surface area (Å²) in [5.41, 5.74) is 4.15. The van der Waals surface area contributed by atoms with Crippen LogP contribution in [0.15, 0.2) is 54.9 Å². The highest BCUT2D eigenvalue weighted by molar-refractivity contribution is 5.93. The Balaban J connectivity index is 1.51. The maximum absolute atomic E-state index is 12.9. The van der Waals surface area contributed by atoms with Crippen LogP contribution >= 0.6 is 0 Å². The van der Waals surface area contributed by atoms with E-state index in [2.05, 4.69) is 20.6 Å². The molecule has 0 saturated carbocycles. The van der Waals surface area contributed by atoms with Gasteiger partial charge in [-0.15, -0.1) is 0 Å². The molecule has 1 aromatic heterocycles. The van der Waals surface area contributed by atoms with Crippen LogP contribution in [0, 0.1) is 12.7 Å². The number of aromatic nitrogens is 2. The van der Waals surface area contributed by atoms with Gasteiger partial charge in [-0.2, -0.15) is 0 Å². The second-order valence-corrected chi connectivity index (χ2v) is 6.96. The summed E-state index contributed by atoms with van der Waals surface area (Å²) < 4.78 is 18.4. The van der Waals surface area contributed by atoms with Crippen molar-refractivity contribution in [2.45, 2.75) is 26.3 Å². The fourth-order valence-corrected chi connectivity index (χ4v) is 2.93. The summed E-state index contributed by atoms with van der Waals surface area (Å²) in [6, 6.07) is 12.2. The Labute approximate surface area is 175 Å². The predicted octanol–water partition coefficient (Wildman–Crippen LogP) is 3.45. The Morgan fingerprint density at radius 2 is 1.83 bits per heavy atom. The zero-order chi connectivity index (χ0) is 21.3. The van der Waals surface area contributed by atoms with Crippen molar-refractivity contribution in [3.8, 4) is 5.75 Å². The first-order chi connectivity index (χ1) is 14.5. The molecule has 3 rings (SSSR count). The molecule has 0 bridgehead atoms. The smallest absolute Gasteiger partial charge is 0.230 e. The molecule has 0 spiro atoms. The van der Waals surface area contributed by atoms with Crippen molar-refractivity contribution < 1.29 is 13.9 Å². The number of carbonyl (C=O) groups excluding carboxylic acids is 1. The third-order valence-electron chi connectivity index (χ3n) is 4.55. The van der Waals surface area contributed by atoms with E-state index in [1.807, 2.05) is 25.1 Å². The van der Waals surface area contributed by atoms with Crippen molar-refractivity contribution in [2.24, 2.45) is 0 Å². The summed E-state index contributed by atoms with van der Waals surface area (Å²) in [5, 5.41) is 6.21. The highest BCUT2D eigenvalue weighted by Gasteiger charge is 2.10. The first kappa shape index (κ1) is 21.4. The van der Waals surface area contributed by atoms with Gasteiger partial charge in [0.2, 0.25) is 5.91 Å². The van der Waals surface area contributed by atoms with Crippen LogP contribution < -0.4 is 15.4 Å². The Morgan fingerprint density at radius 3 is 2.53 bits per heavy atom. The normalized spacial score (nSPS) is 10.6. The van der Waals surface area contributed by atoms with E-state index < -0.39 is 0 Å². The average molecular weight is 408 g/mol. The zero-order valence-electron chi connectivity index (χ0n) is 17.1. The van der Waals surface area contributed by atoms with E-state index in [1.165, 1.54) is 12.1 Å². The average Bonchev–Trinajstić information content (AvgIpc) is 2.75. The van der Waals surface area contributed by atoms with Crippen molar-refractivity contribution >= 4 is 11.6 Å². The fourth-order valence-electron chi connectivity index (χ4n) is 2.93. The lowest BCUT2D eigenvalue weighted by molar-refractivity contribution is -0.115. The maximum atomic E-state index is 12.9. The lowest BCUT2D eigenvalue weighted by atomic mass is 10.1. The number of nitrogens with zero attached hydrogens (tertiary/aromatic N) is 2. The Kier molecular flexibility index (Phi) is 7.45. The van der Waals surface area contributed by atoms with Crippen molar-refractivity contribution in [2.75, 3.05) is 19.0 Å². The van der Waals surface area contributed by atoms with E-state index in [9.17, 15) is 9.18 Å². The van der Waals surface area contributed by atoms with E-state index in [0.717, 1.165) is 29.8 Å². The molecule has 30 heavy (non-hydrogen) atoms. The first-order valence-corrected chi connectivity index (χ1v) is 9.73. The van der Waals surface area contributed by atoms with Gasteiger partial charge in [-0.3, -0.25) is 14.8 Å². The second-order valence-electron chi connectivity index (χ2n) is 6.96. The van der Waals surface area contributed by atoms with Gasteiger partial charge in [0.1, 0.15) is 11.6 Å². The summed E-state index contributed by atoms with van der Waals surface area (Å²) in [4.78, 5) is 20.7. The van der Waals surface area contributed by atoms with Gasteiger partial charge >= 0.3 is 0 Å². The number of amides is 1. The summed E-state index contributed by atoms with van der Waals surface area (Å²) in [6.07, 6.45) is 4.19. The van der Waals surface area contributed by atoms with Crippen LogP contribution in [0.1, 0.15) is 22.5 Å². The monoisotopic (exact) mass is 408 g/mol. The minimum Gasteiger partial charge on any atom is -0.495 e. The number of rotatable bonds is 9. The molecule has 3 aromatic rings. The number of hydrogen-bond donors (Lipinski definition) is 2. The Morgan fingerprint density at radius 1 is 1.07 bits per heavy atom. The van der Waals surface area contributed by atoms with Crippen LogP contribution in [0.25, 0.3) is 0 Å². The number of methoxy groups -OCH3 is 1. The summed E-state index contributed by atoms with van der Waals surface area (Å²) in [6.45, 7) is 3.29. The molecule has 0 atom stereocenters. The molecular weight excluding hydrogens is 383 g/mol. The van der Waals surface area contributed by atoms with Crippen molar-refractivity contribution in [1.82, 2.24) is 15.3 Å². The number of aryl methyl sites for hydroxylation is 1. The quantitative estimate of drug-likeness (QED) is 0.531. The van der Waals surface area contributed by atoms with Gasteiger partial charge in [0.15, 0.2) is 0 Å². The molecule has 0 fully saturated rings. The molecule has 1 heterocycles. The fraction of sp³-hybridized carbons (Fsp3) is 0.261. The van der Waals surface area contributed by atoms with E-state index in [1.54, 1.807) is 31.6 Å². The molecule has 156 valence electrons. The van der Waals surface area contributed by atoms with Crippen molar-refractivity contribution in [3.05, 3.63) is 83.2 Å². The molecule has 2 aromatic carbocycles. The summed E-state index contributed by atoms with van der Waals surface area (Å²) in [7, 11) is 1.58. The molecule has 6 nitrogen and oxygen atoms in total. The summed E-state index contributed by atoms with van der Waals surface area (Å²) >= 11 is 0. The summed E-state index contributed by atoms with van der Waals surface area (Å²) in [5.74, 6) is 0.194. The Hall–Kier alpha value is -3.32. The number of nitrogens with one attached hydrogen (secondary N) is 2. The molecule has 0 unspecified atom stereocenters. The van der Waals surface area contributed by atoms with E-state index in [4.69, 9.17) is 4.74 Å². The number of halogens is 1. The maximum Gasteiger partial charge on any atom is 0.230 e. The van der Waals surface area contributed by atoms with Gasteiger partial charge in [0.25, 0.3) is 0 Å².